The summed E-state index contributed by atoms with van der Waals surface area (Å²) in [6.45, 7) is 0.452. The van der Waals surface area contributed by atoms with E-state index in [1.54, 1.807) is 4.72 Å². The topological polar surface area (TPSA) is 115 Å². The third-order valence-corrected chi connectivity index (χ3v) is 4.38. The van der Waals surface area contributed by atoms with E-state index in [0.717, 1.165) is 0 Å². The van der Waals surface area contributed by atoms with Gasteiger partial charge in [-0.1, -0.05) is 12.1 Å². The lowest BCUT2D eigenvalue weighted by Crippen LogP contribution is -2.41. The molecule has 0 aromatic heterocycles. The van der Waals surface area contributed by atoms with Crippen LogP contribution in [0.1, 0.15) is 11.1 Å². The van der Waals surface area contributed by atoms with Crippen molar-refractivity contribution in [3.05, 3.63) is 33.4 Å². The molecule has 10 heteroatoms. The molecule has 3 N–H and O–H groups in total. The monoisotopic (exact) mass is 323 g/mol. The first kappa shape index (κ1) is 17.4. The lowest BCUT2D eigenvalue weighted by Gasteiger charge is -2.16. The van der Waals surface area contributed by atoms with Crippen molar-refractivity contribution in [1.82, 2.24) is 4.72 Å². The molecule has 1 aromatic carbocycles. The van der Waals surface area contributed by atoms with Crippen LogP contribution in [0.5, 0.6) is 0 Å². The van der Waals surface area contributed by atoms with Gasteiger partial charge in [-0.3, -0.25) is 10.1 Å². The highest BCUT2D eigenvalue weighted by Crippen LogP contribution is 2.30. The Balaban J connectivity index is 3.32. The average molecular weight is 323 g/mol. The summed E-state index contributed by atoms with van der Waals surface area (Å²) in [5.74, 6) is -3.43. The molecule has 0 saturated carbocycles. The van der Waals surface area contributed by atoms with Gasteiger partial charge in [0.25, 0.3) is 11.6 Å². The van der Waals surface area contributed by atoms with Gasteiger partial charge in [-0.05, 0) is 19.4 Å². The molecule has 0 aliphatic rings. The number of nitro benzene ring substituents is 1. The normalized spacial score (nSPS) is 12.4. The third kappa shape index (κ3) is 3.93. The number of rotatable bonds is 6. The highest BCUT2D eigenvalue weighted by Gasteiger charge is 2.34. The number of aryl methyl sites for hydroxylation is 2. The predicted molar refractivity (Wildman–Crippen MR) is 71.8 cm³/mol. The molecule has 0 bridgehead atoms. The molecular weight excluding hydrogens is 308 g/mol. The molecule has 0 unspecified atom stereocenters. The minimum Gasteiger partial charge on any atom is -0.325 e. The van der Waals surface area contributed by atoms with Crippen LogP contribution < -0.4 is 10.5 Å². The van der Waals surface area contributed by atoms with Crippen molar-refractivity contribution in [2.24, 2.45) is 5.73 Å². The van der Waals surface area contributed by atoms with Crippen LogP contribution >= 0.6 is 0 Å². The summed E-state index contributed by atoms with van der Waals surface area (Å²) in [5.41, 5.74) is 4.40. The van der Waals surface area contributed by atoms with Crippen molar-refractivity contribution in [1.29, 1.82) is 0 Å². The molecule has 1 aromatic rings. The Hall–Kier alpha value is -1.65. The van der Waals surface area contributed by atoms with E-state index in [-0.39, 0.29) is 11.1 Å². The molecule has 0 atom stereocenters. The number of hydrogen-bond donors (Lipinski definition) is 2. The summed E-state index contributed by atoms with van der Waals surface area (Å²) in [5, 5.41) is 11.0. The maximum Gasteiger partial charge on any atom is 0.292 e. The van der Waals surface area contributed by atoms with Gasteiger partial charge in [-0.25, -0.2) is 21.9 Å². The first-order valence-corrected chi connectivity index (χ1v) is 7.32. The molecule has 0 saturated heterocycles. The fraction of sp³-hybridized carbons (Fsp3) is 0.455. The first-order chi connectivity index (χ1) is 9.52. The predicted octanol–water partition coefficient (Wildman–Crippen LogP) is 1.08. The summed E-state index contributed by atoms with van der Waals surface area (Å²) in [6.07, 6.45) is 0. The molecule has 0 fully saturated rings. The Morgan fingerprint density at radius 3 is 2.33 bits per heavy atom. The van der Waals surface area contributed by atoms with E-state index >= 15 is 0 Å². The number of nitrogens with two attached hydrogens (primary N) is 1. The fourth-order valence-corrected chi connectivity index (χ4v) is 3.21. The zero-order chi connectivity index (χ0) is 16.4. The van der Waals surface area contributed by atoms with Crippen LogP contribution in [0, 0.1) is 24.0 Å². The van der Waals surface area contributed by atoms with E-state index in [0.29, 0.717) is 0 Å². The van der Waals surface area contributed by atoms with E-state index in [2.05, 4.69) is 0 Å². The van der Waals surface area contributed by atoms with Gasteiger partial charge in [0, 0.05) is 5.56 Å². The summed E-state index contributed by atoms with van der Waals surface area (Å²) >= 11 is 0. The summed E-state index contributed by atoms with van der Waals surface area (Å²) in [7, 11) is -4.46. The van der Waals surface area contributed by atoms with Crippen LogP contribution in [0.25, 0.3) is 0 Å². The second kappa shape index (κ2) is 6.00. The van der Waals surface area contributed by atoms with Crippen LogP contribution in [-0.2, 0) is 10.0 Å². The maximum absolute atomic E-state index is 13.1. The zero-order valence-corrected chi connectivity index (χ0v) is 12.2. The van der Waals surface area contributed by atoms with E-state index < -0.39 is 44.5 Å². The molecule has 0 amide bonds. The number of hydrogen-bond acceptors (Lipinski definition) is 5. The van der Waals surface area contributed by atoms with Crippen molar-refractivity contribution < 1.29 is 22.1 Å². The number of sulfonamides is 1. The Morgan fingerprint density at radius 1 is 1.33 bits per heavy atom. The molecule has 0 aliphatic heterocycles. The fourth-order valence-electron chi connectivity index (χ4n) is 1.68. The van der Waals surface area contributed by atoms with Crippen molar-refractivity contribution in [2.75, 3.05) is 13.1 Å². The molecule has 7 nitrogen and oxygen atoms in total. The molecule has 1 rings (SSSR count). The van der Waals surface area contributed by atoms with Gasteiger partial charge in [0.05, 0.1) is 18.0 Å². The quantitative estimate of drug-likeness (QED) is 0.600. The molecule has 21 heavy (non-hydrogen) atoms. The van der Waals surface area contributed by atoms with Gasteiger partial charge < -0.3 is 5.73 Å². The number of halogens is 2. The molecule has 0 spiro atoms. The summed E-state index contributed by atoms with van der Waals surface area (Å²) in [4.78, 5) is 9.58. The van der Waals surface area contributed by atoms with Crippen molar-refractivity contribution in [3.8, 4) is 0 Å². The van der Waals surface area contributed by atoms with Crippen molar-refractivity contribution in [2.45, 2.75) is 24.7 Å². The minimum absolute atomic E-state index is 0.0934. The number of nitro groups is 1. The standard InChI is InChI=1S/C11H15F2N3O4S/c1-7-3-4-8(2)10(9(7)16(17)18)21(19,20)15-6-11(12,13)5-14/h3-4,15H,5-6,14H2,1-2H3. The van der Waals surface area contributed by atoms with E-state index in [4.69, 9.17) is 5.73 Å². The van der Waals surface area contributed by atoms with E-state index in [1.165, 1.54) is 26.0 Å². The molecule has 0 radical (unpaired) electrons. The van der Waals surface area contributed by atoms with Gasteiger partial charge in [-0.2, -0.15) is 0 Å². The van der Waals surface area contributed by atoms with E-state index in [1.807, 2.05) is 0 Å². The summed E-state index contributed by atoms with van der Waals surface area (Å²) in [6, 6.07) is 2.76. The number of benzene rings is 1. The minimum atomic E-state index is -4.46. The van der Waals surface area contributed by atoms with Crippen LogP contribution in [0.4, 0.5) is 14.5 Å². The SMILES string of the molecule is Cc1ccc(C)c(S(=O)(=O)NCC(F)(F)CN)c1[N+](=O)[O-]. The Labute approximate surface area is 120 Å². The molecule has 118 valence electrons. The van der Waals surface area contributed by atoms with Gasteiger partial charge in [0.2, 0.25) is 10.0 Å². The van der Waals surface area contributed by atoms with Gasteiger partial charge >= 0.3 is 0 Å². The van der Waals surface area contributed by atoms with Crippen molar-refractivity contribution >= 4 is 15.7 Å². The molecule has 0 aliphatic carbocycles. The zero-order valence-electron chi connectivity index (χ0n) is 11.4. The van der Waals surface area contributed by atoms with E-state index in [9.17, 15) is 27.3 Å². The van der Waals surface area contributed by atoms with Crippen LogP contribution in [-0.4, -0.2) is 32.4 Å². The number of nitrogens with zero attached hydrogens (tertiary/aromatic N) is 1. The maximum atomic E-state index is 13.1. The van der Waals surface area contributed by atoms with Crippen molar-refractivity contribution in [3.63, 3.8) is 0 Å². The van der Waals surface area contributed by atoms with Crippen LogP contribution in [0.15, 0.2) is 17.0 Å². The largest absolute Gasteiger partial charge is 0.325 e. The van der Waals surface area contributed by atoms with Gasteiger partial charge in [-0.15, -0.1) is 0 Å². The highest BCUT2D eigenvalue weighted by atomic mass is 32.2. The molecule has 0 heterocycles. The number of nitrogens with one attached hydrogen (secondary N) is 1. The van der Waals surface area contributed by atoms with Crippen LogP contribution in [0.3, 0.4) is 0 Å². The van der Waals surface area contributed by atoms with Gasteiger partial charge in [0.15, 0.2) is 4.90 Å². The first-order valence-electron chi connectivity index (χ1n) is 5.84. The summed E-state index contributed by atoms with van der Waals surface area (Å²) < 4.78 is 52.0. The molecular formula is C11H15F2N3O4S. The lowest BCUT2D eigenvalue weighted by molar-refractivity contribution is -0.388. The third-order valence-electron chi connectivity index (χ3n) is 2.80. The second-order valence-corrected chi connectivity index (χ2v) is 6.22. The average Bonchev–Trinajstić information content (AvgIpc) is 2.38. The Kier molecular flexibility index (Phi) is 4.97. The Morgan fingerprint density at radius 2 is 1.86 bits per heavy atom. The van der Waals surface area contributed by atoms with Gasteiger partial charge in [0.1, 0.15) is 0 Å². The lowest BCUT2D eigenvalue weighted by atomic mass is 10.1. The Bertz CT molecular complexity index is 662. The number of alkyl halides is 2. The smallest absolute Gasteiger partial charge is 0.292 e. The highest BCUT2D eigenvalue weighted by molar-refractivity contribution is 7.89. The second-order valence-electron chi connectivity index (χ2n) is 4.52. The van der Waals surface area contributed by atoms with Crippen LogP contribution in [0.2, 0.25) is 0 Å².